The van der Waals surface area contributed by atoms with E-state index >= 15 is 0 Å². The van der Waals surface area contributed by atoms with Gasteiger partial charge in [0.1, 0.15) is 6.54 Å². The van der Waals surface area contributed by atoms with E-state index in [1.807, 2.05) is 0 Å². The van der Waals surface area contributed by atoms with E-state index in [4.69, 9.17) is 5.11 Å². The Kier molecular flexibility index (Phi) is 4.98. The number of nitrogens with zero attached hydrogens (tertiary/aromatic N) is 4. The van der Waals surface area contributed by atoms with E-state index in [-0.39, 0.29) is 30.6 Å². The van der Waals surface area contributed by atoms with Gasteiger partial charge in [-0.05, 0) is 6.92 Å². The van der Waals surface area contributed by atoms with E-state index in [1.54, 1.807) is 6.92 Å². The van der Waals surface area contributed by atoms with Crippen LogP contribution in [-0.2, 0) is 16.1 Å². The number of carboxylic acids is 1. The Morgan fingerprint density at radius 3 is 2.68 bits per heavy atom. The minimum Gasteiger partial charge on any atom is -0.476 e. The van der Waals surface area contributed by atoms with Crippen molar-refractivity contribution < 1.29 is 19.5 Å². The first kappa shape index (κ1) is 14.6. The summed E-state index contributed by atoms with van der Waals surface area (Å²) in [6.45, 7) is 2.04. The van der Waals surface area contributed by atoms with Gasteiger partial charge in [0.05, 0.1) is 12.7 Å². The third kappa shape index (κ3) is 4.37. The molecule has 0 saturated carbocycles. The topological polar surface area (TPSA) is 117 Å². The van der Waals surface area contributed by atoms with E-state index in [0.29, 0.717) is 6.54 Å². The SMILES string of the molecule is CCNC(=O)CN(C)C(=O)Cn1cc(C(=O)O)nn1. The average molecular weight is 269 g/mol. The Morgan fingerprint density at radius 2 is 2.16 bits per heavy atom. The summed E-state index contributed by atoms with van der Waals surface area (Å²) in [7, 11) is 1.48. The van der Waals surface area contributed by atoms with Crippen molar-refractivity contribution in [3.05, 3.63) is 11.9 Å². The molecule has 9 nitrogen and oxygen atoms in total. The van der Waals surface area contributed by atoms with Crippen LogP contribution in [0.25, 0.3) is 0 Å². The zero-order valence-corrected chi connectivity index (χ0v) is 10.7. The summed E-state index contributed by atoms with van der Waals surface area (Å²) in [6, 6.07) is 0. The second kappa shape index (κ2) is 6.47. The molecule has 0 spiro atoms. The molecule has 0 bridgehead atoms. The predicted octanol–water partition coefficient (Wildman–Crippen LogP) is -1.43. The molecule has 1 rings (SSSR count). The number of carboxylic acid groups (broad SMARTS) is 1. The third-order valence-corrected chi connectivity index (χ3v) is 2.24. The quantitative estimate of drug-likeness (QED) is 0.654. The molecule has 0 saturated heterocycles. The largest absolute Gasteiger partial charge is 0.476 e. The van der Waals surface area contributed by atoms with Crippen molar-refractivity contribution in [3.63, 3.8) is 0 Å². The Bertz CT molecular complexity index is 484. The molecule has 0 aromatic carbocycles. The van der Waals surface area contributed by atoms with Crippen LogP contribution in [0.3, 0.4) is 0 Å². The maximum atomic E-state index is 11.7. The van der Waals surface area contributed by atoms with Crippen LogP contribution in [0.2, 0.25) is 0 Å². The van der Waals surface area contributed by atoms with E-state index in [2.05, 4.69) is 15.6 Å². The number of carbonyl (C=O) groups excluding carboxylic acids is 2. The van der Waals surface area contributed by atoms with Crippen LogP contribution in [0.5, 0.6) is 0 Å². The van der Waals surface area contributed by atoms with Gasteiger partial charge in [-0.2, -0.15) is 0 Å². The van der Waals surface area contributed by atoms with Gasteiger partial charge in [-0.1, -0.05) is 5.21 Å². The van der Waals surface area contributed by atoms with Gasteiger partial charge < -0.3 is 15.3 Å². The first-order chi connectivity index (χ1) is 8.93. The molecule has 0 aliphatic rings. The van der Waals surface area contributed by atoms with Gasteiger partial charge in [-0.25, -0.2) is 9.48 Å². The number of aromatic nitrogens is 3. The summed E-state index contributed by atoms with van der Waals surface area (Å²) in [4.78, 5) is 34.8. The molecule has 0 aliphatic heterocycles. The molecule has 1 aromatic rings. The molecule has 2 N–H and O–H groups in total. The fourth-order valence-electron chi connectivity index (χ4n) is 1.29. The van der Waals surface area contributed by atoms with Gasteiger partial charge in [0.15, 0.2) is 5.69 Å². The lowest BCUT2D eigenvalue weighted by Gasteiger charge is -2.16. The summed E-state index contributed by atoms with van der Waals surface area (Å²) in [5, 5.41) is 18.1. The standard InChI is InChI=1S/C10H15N5O4/c1-3-11-8(16)5-14(2)9(17)6-15-4-7(10(18)19)12-13-15/h4H,3,5-6H2,1-2H3,(H,11,16)(H,18,19). The maximum absolute atomic E-state index is 11.7. The number of nitrogens with one attached hydrogen (secondary N) is 1. The van der Waals surface area contributed by atoms with Crippen molar-refractivity contribution in [1.29, 1.82) is 0 Å². The highest BCUT2D eigenvalue weighted by Crippen LogP contribution is 1.95. The number of amides is 2. The smallest absolute Gasteiger partial charge is 0.358 e. The highest BCUT2D eigenvalue weighted by molar-refractivity contribution is 5.85. The fourth-order valence-corrected chi connectivity index (χ4v) is 1.29. The first-order valence-electron chi connectivity index (χ1n) is 5.58. The predicted molar refractivity (Wildman–Crippen MR) is 63.3 cm³/mol. The van der Waals surface area contributed by atoms with Crippen LogP contribution in [0, 0.1) is 0 Å². The molecular formula is C10H15N5O4. The lowest BCUT2D eigenvalue weighted by molar-refractivity contribution is -0.135. The van der Waals surface area contributed by atoms with Crippen LogP contribution in [0.4, 0.5) is 0 Å². The van der Waals surface area contributed by atoms with Gasteiger partial charge in [-0.3, -0.25) is 9.59 Å². The highest BCUT2D eigenvalue weighted by Gasteiger charge is 2.15. The van der Waals surface area contributed by atoms with Crippen molar-refractivity contribution in [2.75, 3.05) is 20.1 Å². The summed E-state index contributed by atoms with van der Waals surface area (Å²) >= 11 is 0. The fraction of sp³-hybridized carbons (Fsp3) is 0.500. The number of aromatic carboxylic acids is 1. The van der Waals surface area contributed by atoms with Gasteiger partial charge >= 0.3 is 5.97 Å². The number of carbonyl (C=O) groups is 3. The third-order valence-electron chi connectivity index (χ3n) is 2.24. The zero-order valence-electron chi connectivity index (χ0n) is 10.7. The highest BCUT2D eigenvalue weighted by atomic mass is 16.4. The summed E-state index contributed by atoms with van der Waals surface area (Å²) in [6.07, 6.45) is 1.15. The average Bonchev–Trinajstić information content (AvgIpc) is 2.77. The van der Waals surface area contributed by atoms with Crippen molar-refractivity contribution in [3.8, 4) is 0 Å². The molecule has 0 aliphatic carbocycles. The molecular weight excluding hydrogens is 254 g/mol. The van der Waals surface area contributed by atoms with E-state index < -0.39 is 5.97 Å². The minimum atomic E-state index is -1.21. The lowest BCUT2D eigenvalue weighted by Crippen LogP contribution is -2.39. The molecule has 0 radical (unpaired) electrons. The number of likely N-dealkylation sites (N-methyl/N-ethyl adjacent to an activating group) is 2. The molecule has 0 atom stereocenters. The molecule has 0 fully saturated rings. The second-order valence-electron chi connectivity index (χ2n) is 3.81. The lowest BCUT2D eigenvalue weighted by atomic mass is 10.4. The van der Waals surface area contributed by atoms with Crippen molar-refractivity contribution in [2.24, 2.45) is 0 Å². The van der Waals surface area contributed by atoms with Crippen LogP contribution in [-0.4, -0.2) is 62.9 Å². The zero-order chi connectivity index (χ0) is 14.4. The first-order valence-corrected chi connectivity index (χ1v) is 5.58. The summed E-state index contributed by atoms with van der Waals surface area (Å²) in [5.41, 5.74) is -0.237. The van der Waals surface area contributed by atoms with Gasteiger partial charge in [0.2, 0.25) is 11.8 Å². The van der Waals surface area contributed by atoms with Gasteiger partial charge in [0.25, 0.3) is 0 Å². The molecule has 0 unspecified atom stereocenters. The van der Waals surface area contributed by atoms with Crippen molar-refractivity contribution in [2.45, 2.75) is 13.5 Å². The molecule has 1 aromatic heterocycles. The second-order valence-corrected chi connectivity index (χ2v) is 3.81. The van der Waals surface area contributed by atoms with Crippen LogP contribution in [0.15, 0.2) is 6.20 Å². The Balaban J connectivity index is 2.53. The minimum absolute atomic E-state index is 0.0623. The van der Waals surface area contributed by atoms with Crippen molar-refractivity contribution >= 4 is 17.8 Å². The molecule has 19 heavy (non-hydrogen) atoms. The van der Waals surface area contributed by atoms with E-state index in [9.17, 15) is 14.4 Å². The molecule has 1 heterocycles. The number of hydrogen-bond acceptors (Lipinski definition) is 5. The van der Waals surface area contributed by atoms with Gasteiger partial charge in [-0.15, -0.1) is 5.10 Å². The van der Waals surface area contributed by atoms with E-state index in [0.717, 1.165) is 10.9 Å². The number of hydrogen-bond donors (Lipinski definition) is 2. The molecule has 2 amide bonds. The normalized spacial score (nSPS) is 10.0. The number of rotatable bonds is 6. The molecule has 9 heteroatoms. The van der Waals surface area contributed by atoms with Gasteiger partial charge in [0, 0.05) is 13.6 Å². The summed E-state index contributed by atoms with van der Waals surface area (Å²) < 4.78 is 1.11. The Hall–Kier alpha value is -2.45. The van der Waals surface area contributed by atoms with Crippen LogP contribution < -0.4 is 5.32 Å². The van der Waals surface area contributed by atoms with E-state index in [1.165, 1.54) is 11.9 Å². The monoisotopic (exact) mass is 269 g/mol. The van der Waals surface area contributed by atoms with Crippen LogP contribution in [0.1, 0.15) is 17.4 Å². The molecule has 104 valence electrons. The summed E-state index contributed by atoms with van der Waals surface area (Å²) in [5.74, 6) is -1.84. The van der Waals surface area contributed by atoms with Crippen LogP contribution >= 0.6 is 0 Å². The Morgan fingerprint density at radius 1 is 1.47 bits per heavy atom. The maximum Gasteiger partial charge on any atom is 0.358 e. The Labute approximate surface area is 109 Å². The van der Waals surface area contributed by atoms with Crippen molar-refractivity contribution in [1.82, 2.24) is 25.2 Å².